The Morgan fingerprint density at radius 2 is 1.80 bits per heavy atom. The highest BCUT2D eigenvalue weighted by Crippen LogP contribution is 2.27. The average Bonchev–Trinajstić information content (AvgIpc) is 3.10. The Morgan fingerprint density at radius 1 is 1.12 bits per heavy atom. The van der Waals surface area contributed by atoms with E-state index in [0.717, 1.165) is 16.8 Å². The second kappa shape index (κ2) is 7.02. The molecular formula is C20H18N4O. The van der Waals surface area contributed by atoms with Crippen molar-refractivity contribution in [1.29, 1.82) is 5.26 Å². The minimum atomic E-state index is -0.259. The summed E-state index contributed by atoms with van der Waals surface area (Å²) >= 11 is 0. The molecule has 1 heterocycles. The van der Waals surface area contributed by atoms with E-state index in [1.165, 1.54) is 0 Å². The molecule has 0 unspecified atom stereocenters. The molecule has 0 bridgehead atoms. The van der Waals surface area contributed by atoms with Gasteiger partial charge in [0.25, 0.3) is 5.91 Å². The largest absolute Gasteiger partial charge is 0.305 e. The number of carbonyl (C=O) groups excluding carboxylic acids is 1. The van der Waals surface area contributed by atoms with Crippen LogP contribution in [0.1, 0.15) is 41.4 Å². The van der Waals surface area contributed by atoms with Gasteiger partial charge in [-0.25, -0.2) is 0 Å². The van der Waals surface area contributed by atoms with E-state index < -0.39 is 0 Å². The first-order valence-corrected chi connectivity index (χ1v) is 8.05. The van der Waals surface area contributed by atoms with Gasteiger partial charge in [-0.05, 0) is 23.6 Å². The van der Waals surface area contributed by atoms with Crippen molar-refractivity contribution in [1.82, 2.24) is 10.2 Å². The van der Waals surface area contributed by atoms with Crippen LogP contribution in [-0.4, -0.2) is 16.1 Å². The van der Waals surface area contributed by atoms with Crippen molar-refractivity contribution in [2.75, 3.05) is 5.32 Å². The Labute approximate surface area is 146 Å². The van der Waals surface area contributed by atoms with Crippen molar-refractivity contribution < 1.29 is 4.79 Å². The summed E-state index contributed by atoms with van der Waals surface area (Å²) in [5, 5.41) is 19.2. The third-order valence-corrected chi connectivity index (χ3v) is 3.97. The molecule has 0 saturated heterocycles. The molecule has 5 heteroatoms. The lowest BCUT2D eigenvalue weighted by atomic mass is 9.95. The molecule has 0 atom stereocenters. The van der Waals surface area contributed by atoms with Gasteiger partial charge < -0.3 is 5.32 Å². The van der Waals surface area contributed by atoms with Crippen LogP contribution in [0.5, 0.6) is 0 Å². The smallest absolute Gasteiger partial charge is 0.257 e. The molecule has 0 aliphatic rings. The summed E-state index contributed by atoms with van der Waals surface area (Å²) < 4.78 is 0. The van der Waals surface area contributed by atoms with Gasteiger partial charge in [0.05, 0.1) is 11.6 Å². The molecule has 0 fully saturated rings. The fraction of sp³-hybridized carbons (Fsp3) is 0.150. The summed E-state index contributed by atoms with van der Waals surface area (Å²) in [7, 11) is 0. The van der Waals surface area contributed by atoms with Crippen LogP contribution >= 0.6 is 0 Å². The van der Waals surface area contributed by atoms with Gasteiger partial charge in [0.15, 0.2) is 5.82 Å². The van der Waals surface area contributed by atoms with E-state index in [1.807, 2.05) is 50.2 Å². The van der Waals surface area contributed by atoms with Gasteiger partial charge in [-0.2, -0.15) is 10.4 Å². The van der Waals surface area contributed by atoms with Crippen molar-refractivity contribution in [2.24, 2.45) is 0 Å². The molecule has 0 aliphatic heterocycles. The zero-order valence-corrected chi connectivity index (χ0v) is 14.1. The zero-order chi connectivity index (χ0) is 17.8. The Kier molecular flexibility index (Phi) is 4.62. The van der Waals surface area contributed by atoms with Crippen molar-refractivity contribution in [3.8, 4) is 17.2 Å². The highest BCUT2D eigenvalue weighted by atomic mass is 16.1. The first-order chi connectivity index (χ1) is 12.1. The van der Waals surface area contributed by atoms with Crippen LogP contribution in [0.2, 0.25) is 0 Å². The summed E-state index contributed by atoms with van der Waals surface area (Å²) in [5.74, 6) is 0.523. The quantitative estimate of drug-likeness (QED) is 0.747. The molecule has 1 aromatic heterocycles. The van der Waals surface area contributed by atoms with E-state index in [-0.39, 0.29) is 5.91 Å². The number of benzene rings is 2. The SMILES string of the molecule is CC(C)c1cc(NC(=O)c2ccccc2-c2ccccc2C#N)n[nH]1. The molecule has 3 rings (SSSR count). The lowest BCUT2D eigenvalue weighted by Gasteiger charge is -2.10. The van der Waals surface area contributed by atoms with E-state index in [0.29, 0.717) is 22.9 Å². The molecule has 5 nitrogen and oxygen atoms in total. The van der Waals surface area contributed by atoms with Crippen LogP contribution < -0.4 is 5.32 Å². The third-order valence-electron chi connectivity index (χ3n) is 3.97. The Balaban J connectivity index is 1.95. The molecule has 0 aliphatic carbocycles. The summed E-state index contributed by atoms with van der Waals surface area (Å²) in [6.07, 6.45) is 0. The van der Waals surface area contributed by atoms with Gasteiger partial charge in [0, 0.05) is 22.9 Å². The number of hydrogen-bond acceptors (Lipinski definition) is 3. The van der Waals surface area contributed by atoms with Gasteiger partial charge in [-0.15, -0.1) is 0 Å². The monoisotopic (exact) mass is 330 g/mol. The van der Waals surface area contributed by atoms with Gasteiger partial charge in [-0.3, -0.25) is 9.89 Å². The number of nitrogens with zero attached hydrogens (tertiary/aromatic N) is 2. The summed E-state index contributed by atoms with van der Waals surface area (Å²) in [4.78, 5) is 12.7. The van der Waals surface area contributed by atoms with Crippen LogP contribution in [0.25, 0.3) is 11.1 Å². The fourth-order valence-corrected chi connectivity index (χ4v) is 2.61. The number of amides is 1. The van der Waals surface area contributed by atoms with E-state index in [1.54, 1.807) is 18.2 Å². The maximum absolute atomic E-state index is 12.7. The standard InChI is InChI=1S/C20H18N4O/c1-13(2)18-11-19(24-23-18)22-20(25)17-10-6-5-9-16(17)15-8-4-3-7-14(15)12-21/h3-11,13H,1-2H3,(H2,22,23,24,25). The van der Waals surface area contributed by atoms with Crippen LogP contribution in [-0.2, 0) is 0 Å². The van der Waals surface area contributed by atoms with E-state index in [9.17, 15) is 10.1 Å². The van der Waals surface area contributed by atoms with Crippen LogP contribution in [0.4, 0.5) is 5.82 Å². The molecule has 1 amide bonds. The van der Waals surface area contributed by atoms with Crippen molar-refractivity contribution in [3.63, 3.8) is 0 Å². The molecular weight excluding hydrogens is 312 g/mol. The van der Waals surface area contributed by atoms with Crippen molar-refractivity contribution in [3.05, 3.63) is 71.4 Å². The predicted octanol–water partition coefficient (Wildman–Crippen LogP) is 4.32. The predicted molar refractivity (Wildman–Crippen MR) is 97.2 cm³/mol. The Bertz CT molecular complexity index is 950. The van der Waals surface area contributed by atoms with Gasteiger partial charge in [-0.1, -0.05) is 50.2 Å². The van der Waals surface area contributed by atoms with E-state index in [4.69, 9.17) is 0 Å². The Morgan fingerprint density at radius 3 is 2.48 bits per heavy atom. The second-order valence-corrected chi connectivity index (χ2v) is 6.02. The molecule has 0 saturated carbocycles. The number of H-pyrrole nitrogens is 1. The number of nitriles is 1. The van der Waals surface area contributed by atoms with Crippen LogP contribution in [0.15, 0.2) is 54.6 Å². The number of rotatable bonds is 4. The Hall–Kier alpha value is -3.39. The number of anilines is 1. The average molecular weight is 330 g/mol. The normalized spacial score (nSPS) is 10.5. The first-order valence-electron chi connectivity index (χ1n) is 8.05. The van der Waals surface area contributed by atoms with Crippen molar-refractivity contribution in [2.45, 2.75) is 19.8 Å². The van der Waals surface area contributed by atoms with Gasteiger partial charge >= 0.3 is 0 Å². The van der Waals surface area contributed by atoms with E-state index >= 15 is 0 Å². The maximum Gasteiger partial charge on any atom is 0.257 e. The summed E-state index contributed by atoms with van der Waals surface area (Å²) in [6, 6.07) is 18.5. The molecule has 2 aromatic carbocycles. The van der Waals surface area contributed by atoms with Gasteiger partial charge in [0.1, 0.15) is 0 Å². The molecule has 25 heavy (non-hydrogen) atoms. The second-order valence-electron chi connectivity index (χ2n) is 6.02. The number of aromatic nitrogens is 2. The lowest BCUT2D eigenvalue weighted by Crippen LogP contribution is -2.13. The topological polar surface area (TPSA) is 81.6 Å². The number of aromatic amines is 1. The lowest BCUT2D eigenvalue weighted by molar-refractivity contribution is 0.102. The minimum Gasteiger partial charge on any atom is -0.305 e. The van der Waals surface area contributed by atoms with Crippen molar-refractivity contribution >= 4 is 11.7 Å². The number of carbonyl (C=O) groups is 1. The fourth-order valence-electron chi connectivity index (χ4n) is 2.61. The highest BCUT2D eigenvalue weighted by Gasteiger charge is 2.16. The van der Waals surface area contributed by atoms with Crippen LogP contribution in [0, 0.1) is 11.3 Å². The third kappa shape index (κ3) is 3.43. The van der Waals surface area contributed by atoms with Crippen LogP contribution in [0.3, 0.4) is 0 Å². The molecule has 0 radical (unpaired) electrons. The molecule has 0 spiro atoms. The molecule has 3 aromatic rings. The molecule has 124 valence electrons. The maximum atomic E-state index is 12.7. The van der Waals surface area contributed by atoms with E-state index in [2.05, 4.69) is 21.6 Å². The minimum absolute atomic E-state index is 0.259. The highest BCUT2D eigenvalue weighted by molar-refractivity contribution is 6.08. The molecule has 2 N–H and O–H groups in total. The zero-order valence-electron chi connectivity index (χ0n) is 14.1. The summed E-state index contributed by atoms with van der Waals surface area (Å²) in [6.45, 7) is 4.10. The van der Waals surface area contributed by atoms with Gasteiger partial charge in [0.2, 0.25) is 0 Å². The number of nitrogens with one attached hydrogen (secondary N) is 2. The summed E-state index contributed by atoms with van der Waals surface area (Å²) in [5.41, 5.74) is 3.44. The number of hydrogen-bond donors (Lipinski definition) is 2. The first kappa shape index (κ1) is 16.5.